The van der Waals surface area contributed by atoms with Gasteiger partial charge in [-0.15, -0.1) is 5.10 Å². The molecule has 2 atom stereocenters. The van der Waals surface area contributed by atoms with Crippen molar-refractivity contribution in [3.05, 3.63) is 10.3 Å². The molecular weight excluding hydrogens is 234 g/mol. The molecule has 0 spiro atoms. The summed E-state index contributed by atoms with van der Waals surface area (Å²) in [6.45, 7) is 3.84. The van der Waals surface area contributed by atoms with Crippen molar-refractivity contribution in [2.24, 2.45) is 7.05 Å². The Hall–Kier alpha value is -0.420. The molecule has 0 aliphatic heterocycles. The first-order valence-corrected chi connectivity index (χ1v) is 5.04. The molecule has 0 amide bonds. The van der Waals surface area contributed by atoms with E-state index in [0.717, 1.165) is 16.7 Å². The molecule has 4 nitrogen and oxygen atoms in total. The quantitative estimate of drug-likeness (QED) is 0.880. The molecule has 0 saturated carbocycles. The minimum atomic E-state index is -0.295. The van der Waals surface area contributed by atoms with Crippen LogP contribution in [-0.4, -0.2) is 26.2 Å². The van der Waals surface area contributed by atoms with E-state index in [0.29, 0.717) is 0 Å². The summed E-state index contributed by atoms with van der Waals surface area (Å²) in [7, 11) is 1.85. The van der Waals surface area contributed by atoms with E-state index in [2.05, 4.69) is 33.2 Å². The van der Waals surface area contributed by atoms with Crippen LogP contribution in [0.5, 0.6) is 0 Å². The van der Waals surface area contributed by atoms with Crippen molar-refractivity contribution in [3.8, 4) is 0 Å². The monoisotopic (exact) mass is 247 g/mol. The summed E-state index contributed by atoms with van der Waals surface area (Å²) in [6.07, 6.45) is 0.427. The molecule has 1 rings (SSSR count). The molecule has 0 aliphatic rings. The van der Waals surface area contributed by atoms with Gasteiger partial charge in [0.1, 0.15) is 0 Å². The fourth-order valence-electron chi connectivity index (χ4n) is 1.48. The van der Waals surface area contributed by atoms with Crippen LogP contribution in [0.15, 0.2) is 4.60 Å². The second-order valence-electron chi connectivity index (χ2n) is 3.37. The van der Waals surface area contributed by atoms with Gasteiger partial charge in [0.15, 0.2) is 4.60 Å². The van der Waals surface area contributed by atoms with Gasteiger partial charge in [0.25, 0.3) is 0 Å². The van der Waals surface area contributed by atoms with Gasteiger partial charge < -0.3 is 5.11 Å². The van der Waals surface area contributed by atoms with Crippen LogP contribution in [0.3, 0.4) is 0 Å². The maximum absolute atomic E-state index is 9.24. The Kier molecular flexibility index (Phi) is 3.44. The van der Waals surface area contributed by atoms with Gasteiger partial charge in [0, 0.05) is 13.0 Å². The SMILES string of the molecule is CC(O)CC(C)c1c(Br)nnn1C. The Morgan fingerprint density at radius 3 is 2.54 bits per heavy atom. The van der Waals surface area contributed by atoms with Crippen LogP contribution in [0.2, 0.25) is 0 Å². The molecule has 2 unspecified atom stereocenters. The third-order valence-corrected chi connectivity index (χ3v) is 2.55. The Morgan fingerprint density at radius 1 is 1.54 bits per heavy atom. The van der Waals surface area contributed by atoms with Crippen molar-refractivity contribution in [3.63, 3.8) is 0 Å². The van der Waals surface area contributed by atoms with E-state index < -0.39 is 0 Å². The van der Waals surface area contributed by atoms with E-state index in [4.69, 9.17) is 0 Å². The second kappa shape index (κ2) is 4.19. The number of aromatic nitrogens is 3. The Morgan fingerprint density at radius 2 is 2.15 bits per heavy atom. The topological polar surface area (TPSA) is 50.9 Å². The van der Waals surface area contributed by atoms with Crippen LogP contribution in [-0.2, 0) is 7.05 Å². The number of nitrogens with zero attached hydrogens (tertiary/aromatic N) is 3. The molecule has 1 heterocycles. The number of rotatable bonds is 3. The van der Waals surface area contributed by atoms with E-state index in [1.165, 1.54) is 0 Å². The maximum atomic E-state index is 9.24. The first kappa shape index (κ1) is 10.7. The largest absolute Gasteiger partial charge is 0.393 e. The van der Waals surface area contributed by atoms with Gasteiger partial charge in [-0.2, -0.15) is 0 Å². The summed E-state index contributed by atoms with van der Waals surface area (Å²) in [4.78, 5) is 0. The van der Waals surface area contributed by atoms with Gasteiger partial charge in [-0.25, -0.2) is 0 Å². The number of hydrogen-bond donors (Lipinski definition) is 1. The minimum absolute atomic E-state index is 0.259. The third kappa shape index (κ3) is 2.51. The smallest absolute Gasteiger partial charge is 0.151 e. The lowest BCUT2D eigenvalue weighted by Crippen LogP contribution is -2.10. The Balaban J connectivity index is 2.81. The molecule has 0 radical (unpaired) electrons. The standard InChI is InChI=1S/C8H14BrN3O/c1-5(4-6(2)13)7-8(9)10-11-12(7)3/h5-6,13H,4H2,1-3H3. The van der Waals surface area contributed by atoms with Crippen molar-refractivity contribution >= 4 is 15.9 Å². The average molecular weight is 248 g/mol. The summed E-state index contributed by atoms with van der Waals surface area (Å²) < 4.78 is 2.50. The molecule has 1 aromatic heterocycles. The molecule has 1 aromatic rings. The predicted octanol–water partition coefficient (Wildman–Crippen LogP) is 1.45. The lowest BCUT2D eigenvalue weighted by atomic mass is 10.0. The normalized spacial score (nSPS) is 15.8. The van der Waals surface area contributed by atoms with Gasteiger partial charge in [-0.3, -0.25) is 4.68 Å². The molecule has 0 saturated heterocycles. The van der Waals surface area contributed by atoms with Crippen LogP contribution in [0.25, 0.3) is 0 Å². The summed E-state index contributed by atoms with van der Waals surface area (Å²) in [5.41, 5.74) is 1.03. The highest BCUT2D eigenvalue weighted by Crippen LogP contribution is 2.25. The summed E-state index contributed by atoms with van der Waals surface area (Å²) in [5, 5.41) is 17.0. The fraction of sp³-hybridized carbons (Fsp3) is 0.750. The number of aliphatic hydroxyl groups is 1. The second-order valence-corrected chi connectivity index (χ2v) is 4.13. The van der Waals surface area contributed by atoms with Gasteiger partial charge in [-0.05, 0) is 29.3 Å². The molecule has 0 aliphatic carbocycles. The highest BCUT2D eigenvalue weighted by molar-refractivity contribution is 9.10. The first-order valence-electron chi connectivity index (χ1n) is 4.25. The van der Waals surface area contributed by atoms with E-state index >= 15 is 0 Å². The van der Waals surface area contributed by atoms with Gasteiger partial charge in [0.2, 0.25) is 0 Å². The van der Waals surface area contributed by atoms with E-state index in [1.54, 1.807) is 11.6 Å². The summed E-state index contributed by atoms with van der Waals surface area (Å²) in [5.74, 6) is 0.259. The molecule has 13 heavy (non-hydrogen) atoms. The fourth-order valence-corrected chi connectivity index (χ4v) is 2.20. The van der Waals surface area contributed by atoms with Crippen molar-refractivity contribution in [1.29, 1.82) is 0 Å². The number of aliphatic hydroxyl groups excluding tert-OH is 1. The third-order valence-electron chi connectivity index (χ3n) is 1.99. The van der Waals surface area contributed by atoms with Gasteiger partial charge in [0.05, 0.1) is 11.8 Å². The van der Waals surface area contributed by atoms with Crippen LogP contribution >= 0.6 is 15.9 Å². The zero-order valence-corrected chi connectivity index (χ0v) is 9.61. The zero-order chi connectivity index (χ0) is 10.0. The highest BCUT2D eigenvalue weighted by atomic mass is 79.9. The van der Waals surface area contributed by atoms with Crippen LogP contribution in [0.4, 0.5) is 0 Å². The molecule has 0 bridgehead atoms. The number of aryl methyl sites for hydroxylation is 1. The zero-order valence-electron chi connectivity index (χ0n) is 8.03. The Labute approximate surface area is 86.1 Å². The van der Waals surface area contributed by atoms with E-state index in [-0.39, 0.29) is 12.0 Å². The van der Waals surface area contributed by atoms with Crippen LogP contribution < -0.4 is 0 Å². The molecule has 1 N–H and O–H groups in total. The van der Waals surface area contributed by atoms with Crippen LogP contribution in [0.1, 0.15) is 31.9 Å². The van der Waals surface area contributed by atoms with Gasteiger partial charge in [-0.1, -0.05) is 12.1 Å². The number of halogens is 1. The molecule has 5 heteroatoms. The van der Waals surface area contributed by atoms with E-state index in [1.807, 2.05) is 7.05 Å². The minimum Gasteiger partial charge on any atom is -0.393 e. The lowest BCUT2D eigenvalue weighted by molar-refractivity contribution is 0.175. The number of hydrogen-bond acceptors (Lipinski definition) is 3. The Bertz CT molecular complexity index is 265. The lowest BCUT2D eigenvalue weighted by Gasteiger charge is -2.13. The van der Waals surface area contributed by atoms with Crippen molar-refractivity contribution in [2.45, 2.75) is 32.3 Å². The van der Waals surface area contributed by atoms with E-state index in [9.17, 15) is 5.11 Å². The molecule has 0 aromatic carbocycles. The molecule has 74 valence electrons. The van der Waals surface area contributed by atoms with Crippen molar-refractivity contribution in [1.82, 2.24) is 15.0 Å². The molecular formula is C8H14BrN3O. The summed E-state index contributed by atoms with van der Waals surface area (Å²) >= 11 is 3.33. The first-order chi connectivity index (χ1) is 6.02. The average Bonchev–Trinajstić information content (AvgIpc) is 2.29. The molecule has 0 fully saturated rings. The predicted molar refractivity (Wildman–Crippen MR) is 53.4 cm³/mol. The highest BCUT2D eigenvalue weighted by Gasteiger charge is 2.17. The maximum Gasteiger partial charge on any atom is 0.151 e. The van der Waals surface area contributed by atoms with Crippen LogP contribution in [0, 0.1) is 0 Å². The van der Waals surface area contributed by atoms with Gasteiger partial charge >= 0.3 is 0 Å². The van der Waals surface area contributed by atoms with Crippen molar-refractivity contribution < 1.29 is 5.11 Å². The van der Waals surface area contributed by atoms with Crippen molar-refractivity contribution in [2.75, 3.05) is 0 Å². The summed E-state index contributed by atoms with van der Waals surface area (Å²) in [6, 6.07) is 0.